The van der Waals surface area contributed by atoms with Crippen molar-refractivity contribution in [1.29, 1.82) is 0 Å². The van der Waals surface area contributed by atoms with Crippen LogP contribution in [0.15, 0.2) is 35.7 Å². The molecule has 0 saturated carbocycles. The Morgan fingerprint density at radius 1 is 1.35 bits per heavy atom. The van der Waals surface area contributed by atoms with Crippen LogP contribution >= 0.6 is 11.3 Å². The molecule has 0 aliphatic heterocycles. The summed E-state index contributed by atoms with van der Waals surface area (Å²) >= 11 is 1.72. The van der Waals surface area contributed by atoms with Crippen LogP contribution in [0.4, 0.5) is 4.39 Å². The van der Waals surface area contributed by atoms with Crippen LogP contribution in [0.25, 0.3) is 0 Å². The van der Waals surface area contributed by atoms with Crippen molar-refractivity contribution in [1.82, 2.24) is 0 Å². The van der Waals surface area contributed by atoms with Gasteiger partial charge in [0.2, 0.25) is 0 Å². The molecule has 1 aromatic heterocycles. The average Bonchev–Trinajstić information content (AvgIpc) is 2.82. The fourth-order valence-corrected chi connectivity index (χ4v) is 2.58. The van der Waals surface area contributed by atoms with Gasteiger partial charge in [0.15, 0.2) is 0 Å². The standard InChI is InChI=1S/C14H16FNS/c1-10-4-6-13(15)12(9-10)14(16)7-5-11-3-2-8-17-11/h2-4,6,8-9,14H,5,7,16H2,1H3. The van der Waals surface area contributed by atoms with Crippen molar-refractivity contribution >= 4 is 11.3 Å². The number of hydrogen-bond acceptors (Lipinski definition) is 2. The summed E-state index contributed by atoms with van der Waals surface area (Å²) < 4.78 is 13.6. The van der Waals surface area contributed by atoms with Crippen LogP contribution in [0.2, 0.25) is 0 Å². The Labute approximate surface area is 105 Å². The molecule has 0 aliphatic carbocycles. The maximum absolute atomic E-state index is 13.6. The van der Waals surface area contributed by atoms with Gasteiger partial charge in [-0.3, -0.25) is 0 Å². The third-order valence-electron chi connectivity index (χ3n) is 2.83. The molecular weight excluding hydrogens is 233 g/mol. The van der Waals surface area contributed by atoms with Gasteiger partial charge in [-0.15, -0.1) is 11.3 Å². The summed E-state index contributed by atoms with van der Waals surface area (Å²) in [4.78, 5) is 1.30. The maximum atomic E-state index is 13.6. The van der Waals surface area contributed by atoms with E-state index in [-0.39, 0.29) is 11.9 Å². The average molecular weight is 249 g/mol. The highest BCUT2D eigenvalue weighted by Gasteiger charge is 2.11. The van der Waals surface area contributed by atoms with E-state index in [2.05, 4.69) is 6.07 Å². The molecule has 0 fully saturated rings. The Kier molecular flexibility index (Phi) is 3.92. The number of hydrogen-bond donors (Lipinski definition) is 1. The Morgan fingerprint density at radius 2 is 2.18 bits per heavy atom. The summed E-state index contributed by atoms with van der Waals surface area (Å²) in [7, 11) is 0. The monoisotopic (exact) mass is 249 g/mol. The first kappa shape index (κ1) is 12.3. The van der Waals surface area contributed by atoms with Crippen LogP contribution in [-0.4, -0.2) is 0 Å². The number of halogens is 1. The number of aryl methyl sites for hydroxylation is 2. The van der Waals surface area contributed by atoms with Crippen molar-refractivity contribution in [2.45, 2.75) is 25.8 Å². The maximum Gasteiger partial charge on any atom is 0.127 e. The van der Waals surface area contributed by atoms with Crippen LogP contribution in [-0.2, 0) is 6.42 Å². The van der Waals surface area contributed by atoms with Gasteiger partial charge in [-0.25, -0.2) is 4.39 Å². The van der Waals surface area contributed by atoms with E-state index >= 15 is 0 Å². The minimum atomic E-state index is -0.225. The van der Waals surface area contributed by atoms with E-state index in [1.165, 1.54) is 10.9 Å². The molecule has 1 unspecified atom stereocenters. The molecule has 1 aromatic carbocycles. The van der Waals surface area contributed by atoms with Crippen molar-refractivity contribution < 1.29 is 4.39 Å². The summed E-state index contributed by atoms with van der Waals surface area (Å²) in [5.74, 6) is -0.200. The summed E-state index contributed by atoms with van der Waals surface area (Å²) in [6.07, 6.45) is 1.69. The molecule has 2 rings (SSSR count). The largest absolute Gasteiger partial charge is 0.324 e. The lowest BCUT2D eigenvalue weighted by Gasteiger charge is -2.13. The number of rotatable bonds is 4. The van der Waals surface area contributed by atoms with Crippen molar-refractivity contribution in [3.63, 3.8) is 0 Å². The van der Waals surface area contributed by atoms with E-state index in [0.29, 0.717) is 5.56 Å². The first-order valence-electron chi connectivity index (χ1n) is 5.71. The molecule has 3 heteroatoms. The SMILES string of the molecule is Cc1ccc(F)c(C(N)CCc2cccs2)c1. The molecule has 0 spiro atoms. The second-order valence-corrected chi connectivity index (χ2v) is 5.28. The topological polar surface area (TPSA) is 26.0 Å². The molecule has 0 amide bonds. The zero-order chi connectivity index (χ0) is 12.3. The van der Waals surface area contributed by atoms with Gasteiger partial charge in [-0.05, 0) is 37.3 Å². The third-order valence-corrected chi connectivity index (χ3v) is 3.77. The molecule has 0 bridgehead atoms. The molecule has 0 saturated heterocycles. The summed E-state index contributed by atoms with van der Waals surface area (Å²) in [5, 5.41) is 2.05. The number of benzene rings is 1. The fraction of sp³-hybridized carbons (Fsp3) is 0.286. The van der Waals surface area contributed by atoms with Crippen LogP contribution in [0.1, 0.15) is 28.5 Å². The second kappa shape index (κ2) is 5.43. The molecule has 2 aromatic rings. The van der Waals surface area contributed by atoms with Crippen LogP contribution in [0.5, 0.6) is 0 Å². The summed E-state index contributed by atoms with van der Waals surface area (Å²) in [5.41, 5.74) is 7.72. The van der Waals surface area contributed by atoms with Gasteiger partial charge in [0.05, 0.1) is 0 Å². The normalized spacial score (nSPS) is 12.6. The van der Waals surface area contributed by atoms with Crippen LogP contribution in [0, 0.1) is 12.7 Å². The smallest absolute Gasteiger partial charge is 0.127 e. The number of thiophene rings is 1. The van der Waals surface area contributed by atoms with E-state index in [1.54, 1.807) is 17.4 Å². The van der Waals surface area contributed by atoms with E-state index in [1.807, 2.05) is 24.4 Å². The van der Waals surface area contributed by atoms with E-state index < -0.39 is 0 Å². The van der Waals surface area contributed by atoms with Gasteiger partial charge in [0, 0.05) is 16.5 Å². The lowest BCUT2D eigenvalue weighted by Crippen LogP contribution is -2.13. The highest BCUT2D eigenvalue weighted by Crippen LogP contribution is 2.22. The third kappa shape index (κ3) is 3.14. The molecule has 90 valence electrons. The van der Waals surface area contributed by atoms with E-state index in [0.717, 1.165) is 18.4 Å². The Bertz CT molecular complexity index is 479. The van der Waals surface area contributed by atoms with Crippen molar-refractivity contribution in [3.05, 3.63) is 57.5 Å². The predicted molar refractivity (Wildman–Crippen MR) is 70.7 cm³/mol. The zero-order valence-electron chi connectivity index (χ0n) is 9.82. The Hall–Kier alpha value is -1.19. The molecule has 1 heterocycles. The molecule has 1 atom stereocenters. The zero-order valence-corrected chi connectivity index (χ0v) is 10.6. The van der Waals surface area contributed by atoms with Crippen LogP contribution in [0.3, 0.4) is 0 Å². The van der Waals surface area contributed by atoms with Gasteiger partial charge in [-0.2, -0.15) is 0 Å². The molecule has 17 heavy (non-hydrogen) atoms. The lowest BCUT2D eigenvalue weighted by molar-refractivity contribution is 0.564. The van der Waals surface area contributed by atoms with Crippen molar-refractivity contribution in [2.24, 2.45) is 5.73 Å². The van der Waals surface area contributed by atoms with Crippen molar-refractivity contribution in [2.75, 3.05) is 0 Å². The molecule has 0 radical (unpaired) electrons. The van der Waals surface area contributed by atoms with E-state index in [9.17, 15) is 4.39 Å². The Balaban J connectivity index is 2.04. The highest BCUT2D eigenvalue weighted by molar-refractivity contribution is 7.09. The van der Waals surface area contributed by atoms with Gasteiger partial charge < -0.3 is 5.73 Å². The molecule has 2 N–H and O–H groups in total. The molecular formula is C14H16FNS. The van der Waals surface area contributed by atoms with E-state index in [4.69, 9.17) is 5.73 Å². The molecule has 0 aliphatic rings. The van der Waals surface area contributed by atoms with Gasteiger partial charge in [0.25, 0.3) is 0 Å². The Morgan fingerprint density at radius 3 is 2.88 bits per heavy atom. The second-order valence-electron chi connectivity index (χ2n) is 4.25. The summed E-state index contributed by atoms with van der Waals surface area (Å²) in [6, 6.07) is 8.99. The summed E-state index contributed by atoms with van der Waals surface area (Å²) in [6.45, 7) is 1.95. The van der Waals surface area contributed by atoms with Gasteiger partial charge in [-0.1, -0.05) is 23.8 Å². The number of nitrogens with two attached hydrogens (primary N) is 1. The lowest BCUT2D eigenvalue weighted by atomic mass is 10.00. The van der Waals surface area contributed by atoms with Gasteiger partial charge in [0.1, 0.15) is 5.82 Å². The fourth-order valence-electron chi connectivity index (χ4n) is 1.86. The quantitative estimate of drug-likeness (QED) is 0.875. The first-order valence-corrected chi connectivity index (χ1v) is 6.59. The van der Waals surface area contributed by atoms with Gasteiger partial charge >= 0.3 is 0 Å². The minimum absolute atomic E-state index is 0.200. The molecule has 1 nitrogen and oxygen atoms in total. The first-order chi connectivity index (χ1) is 8.16. The minimum Gasteiger partial charge on any atom is -0.324 e. The van der Waals surface area contributed by atoms with Crippen molar-refractivity contribution in [3.8, 4) is 0 Å². The predicted octanol–water partition coefficient (Wildman–Crippen LogP) is 3.83. The van der Waals surface area contributed by atoms with Crippen LogP contribution < -0.4 is 5.73 Å². The highest BCUT2D eigenvalue weighted by atomic mass is 32.1.